The normalized spacial score (nSPS) is 17.9. The third-order valence-corrected chi connectivity index (χ3v) is 2.20. The molecule has 0 saturated carbocycles. The van der Waals surface area contributed by atoms with Gasteiger partial charge in [-0.1, -0.05) is 0 Å². The molecule has 2 N–H and O–H groups in total. The number of nitrogens with one attached hydrogen (secondary N) is 1. The Hall–Kier alpha value is -0.650. The highest BCUT2D eigenvalue weighted by atomic mass is 16.5. The van der Waals surface area contributed by atoms with Gasteiger partial charge in [-0.05, 0) is 13.8 Å². The van der Waals surface area contributed by atoms with Gasteiger partial charge in [0.2, 0.25) is 5.91 Å². The highest BCUT2D eigenvalue weighted by Gasteiger charge is 2.17. The summed E-state index contributed by atoms with van der Waals surface area (Å²) in [7, 11) is 0. The predicted molar refractivity (Wildman–Crippen MR) is 56.6 cm³/mol. The molecule has 0 aromatic rings. The summed E-state index contributed by atoms with van der Waals surface area (Å²) in [5, 5.41) is 12.4. The maximum absolute atomic E-state index is 11.6. The van der Waals surface area contributed by atoms with Crippen LogP contribution < -0.4 is 5.32 Å². The van der Waals surface area contributed by atoms with Crippen LogP contribution in [0, 0.1) is 0 Å². The summed E-state index contributed by atoms with van der Waals surface area (Å²) in [5.41, 5.74) is -0.773. The molecule has 1 aliphatic heterocycles. The number of nitrogens with zero attached hydrogens (tertiary/aromatic N) is 1. The molecule has 0 bridgehead atoms. The Bertz CT molecular complexity index is 207. The lowest BCUT2D eigenvalue weighted by atomic mass is 10.1. The predicted octanol–water partition coefficient (Wildman–Crippen LogP) is -0.794. The number of morpholine rings is 1. The summed E-state index contributed by atoms with van der Waals surface area (Å²) < 4.78 is 5.15. The van der Waals surface area contributed by atoms with Gasteiger partial charge in [0.05, 0.1) is 25.4 Å². The first kappa shape index (κ1) is 12.4. The number of hydrogen-bond acceptors (Lipinski definition) is 4. The molecule has 0 radical (unpaired) electrons. The standard InChI is InChI=1S/C10H20N2O3/c1-10(2,14)8-11-7-9(13)12-3-5-15-6-4-12/h11,14H,3-8H2,1-2H3. The van der Waals surface area contributed by atoms with Crippen LogP contribution in [0.3, 0.4) is 0 Å². The smallest absolute Gasteiger partial charge is 0.236 e. The first-order chi connectivity index (χ1) is 6.99. The zero-order valence-electron chi connectivity index (χ0n) is 9.45. The van der Waals surface area contributed by atoms with Gasteiger partial charge in [-0.2, -0.15) is 0 Å². The molecule has 88 valence electrons. The fourth-order valence-corrected chi connectivity index (χ4v) is 1.40. The van der Waals surface area contributed by atoms with E-state index in [1.807, 2.05) is 0 Å². The molecule has 5 heteroatoms. The molecule has 0 atom stereocenters. The number of hydrogen-bond donors (Lipinski definition) is 2. The van der Waals surface area contributed by atoms with Crippen molar-refractivity contribution in [3.8, 4) is 0 Å². The molecule has 1 amide bonds. The second-order valence-electron chi connectivity index (χ2n) is 4.41. The van der Waals surface area contributed by atoms with Crippen molar-refractivity contribution in [1.29, 1.82) is 0 Å². The maximum atomic E-state index is 11.6. The molecule has 1 rings (SSSR count). The topological polar surface area (TPSA) is 61.8 Å². The average molecular weight is 216 g/mol. The van der Waals surface area contributed by atoms with Crippen LogP contribution in [-0.4, -0.2) is 60.9 Å². The molecular weight excluding hydrogens is 196 g/mol. The van der Waals surface area contributed by atoms with Crippen LogP contribution in [0.25, 0.3) is 0 Å². The molecule has 1 saturated heterocycles. The molecule has 0 spiro atoms. The van der Waals surface area contributed by atoms with Crippen molar-refractivity contribution < 1.29 is 14.6 Å². The monoisotopic (exact) mass is 216 g/mol. The number of carbonyl (C=O) groups is 1. The van der Waals surface area contributed by atoms with E-state index >= 15 is 0 Å². The van der Waals surface area contributed by atoms with Gasteiger partial charge in [-0.25, -0.2) is 0 Å². The van der Waals surface area contributed by atoms with Gasteiger partial charge in [0, 0.05) is 19.6 Å². The molecule has 0 aromatic carbocycles. The minimum absolute atomic E-state index is 0.0718. The zero-order valence-corrected chi connectivity index (χ0v) is 9.45. The van der Waals surface area contributed by atoms with E-state index in [1.54, 1.807) is 18.7 Å². The lowest BCUT2D eigenvalue weighted by Crippen LogP contribution is -2.46. The number of ether oxygens (including phenoxy) is 1. The SMILES string of the molecule is CC(C)(O)CNCC(=O)N1CCOCC1. The van der Waals surface area contributed by atoms with Crippen molar-refractivity contribution in [2.24, 2.45) is 0 Å². The van der Waals surface area contributed by atoms with Crippen molar-refractivity contribution in [1.82, 2.24) is 10.2 Å². The van der Waals surface area contributed by atoms with E-state index in [1.165, 1.54) is 0 Å². The maximum Gasteiger partial charge on any atom is 0.236 e. The lowest BCUT2D eigenvalue weighted by molar-refractivity contribution is -0.134. The molecule has 0 unspecified atom stereocenters. The van der Waals surface area contributed by atoms with Crippen LogP contribution in [-0.2, 0) is 9.53 Å². The minimum atomic E-state index is -0.773. The minimum Gasteiger partial charge on any atom is -0.389 e. The summed E-state index contributed by atoms with van der Waals surface area (Å²) >= 11 is 0. The van der Waals surface area contributed by atoms with Gasteiger partial charge in [0.15, 0.2) is 0 Å². The fourth-order valence-electron chi connectivity index (χ4n) is 1.40. The molecule has 5 nitrogen and oxygen atoms in total. The summed E-state index contributed by atoms with van der Waals surface area (Å²) in [5.74, 6) is 0.0718. The van der Waals surface area contributed by atoms with Gasteiger partial charge < -0.3 is 20.1 Å². The van der Waals surface area contributed by atoms with Gasteiger partial charge in [0.1, 0.15) is 0 Å². The summed E-state index contributed by atoms with van der Waals surface area (Å²) in [6, 6.07) is 0. The highest BCUT2D eigenvalue weighted by Crippen LogP contribution is 1.99. The number of aliphatic hydroxyl groups is 1. The van der Waals surface area contributed by atoms with Crippen molar-refractivity contribution in [3.63, 3.8) is 0 Å². The summed E-state index contributed by atoms with van der Waals surface area (Å²) in [6.07, 6.45) is 0. The van der Waals surface area contributed by atoms with E-state index in [-0.39, 0.29) is 12.5 Å². The van der Waals surface area contributed by atoms with Crippen LogP contribution >= 0.6 is 0 Å². The van der Waals surface area contributed by atoms with Crippen LogP contribution in [0.15, 0.2) is 0 Å². The first-order valence-electron chi connectivity index (χ1n) is 5.28. The number of rotatable bonds is 4. The van der Waals surface area contributed by atoms with Gasteiger partial charge in [-0.3, -0.25) is 4.79 Å². The number of carbonyl (C=O) groups excluding carboxylic acids is 1. The molecular formula is C10H20N2O3. The summed E-state index contributed by atoms with van der Waals surface area (Å²) in [6.45, 7) is 6.70. The van der Waals surface area contributed by atoms with Crippen molar-refractivity contribution >= 4 is 5.91 Å². The molecule has 1 aliphatic rings. The van der Waals surface area contributed by atoms with E-state index in [9.17, 15) is 9.90 Å². The van der Waals surface area contributed by atoms with Crippen LogP contribution in [0.4, 0.5) is 0 Å². The van der Waals surface area contributed by atoms with Gasteiger partial charge in [-0.15, -0.1) is 0 Å². The van der Waals surface area contributed by atoms with Gasteiger partial charge in [0.25, 0.3) is 0 Å². The second kappa shape index (κ2) is 5.44. The first-order valence-corrected chi connectivity index (χ1v) is 5.28. The van der Waals surface area contributed by atoms with E-state index in [0.717, 1.165) is 0 Å². The Kier molecular flexibility index (Phi) is 4.50. The molecule has 1 fully saturated rings. The quantitative estimate of drug-likeness (QED) is 0.646. The van der Waals surface area contributed by atoms with Crippen LogP contribution in [0.2, 0.25) is 0 Å². The Morgan fingerprint density at radius 2 is 2.07 bits per heavy atom. The fraction of sp³-hybridized carbons (Fsp3) is 0.900. The van der Waals surface area contributed by atoms with E-state index in [0.29, 0.717) is 32.8 Å². The molecule has 1 heterocycles. The largest absolute Gasteiger partial charge is 0.389 e. The Balaban J connectivity index is 2.17. The molecule has 0 aromatic heterocycles. The third kappa shape index (κ3) is 5.11. The third-order valence-electron chi connectivity index (χ3n) is 2.20. The molecule has 0 aliphatic carbocycles. The van der Waals surface area contributed by atoms with Gasteiger partial charge >= 0.3 is 0 Å². The highest BCUT2D eigenvalue weighted by molar-refractivity contribution is 5.78. The van der Waals surface area contributed by atoms with E-state index in [4.69, 9.17) is 4.74 Å². The molecule has 15 heavy (non-hydrogen) atoms. The Morgan fingerprint density at radius 1 is 1.47 bits per heavy atom. The lowest BCUT2D eigenvalue weighted by Gasteiger charge is -2.27. The van der Waals surface area contributed by atoms with Crippen molar-refractivity contribution in [2.75, 3.05) is 39.4 Å². The van der Waals surface area contributed by atoms with Crippen molar-refractivity contribution in [3.05, 3.63) is 0 Å². The Labute approximate surface area is 90.4 Å². The second-order valence-corrected chi connectivity index (χ2v) is 4.41. The Morgan fingerprint density at radius 3 is 2.60 bits per heavy atom. The van der Waals surface area contributed by atoms with Crippen LogP contribution in [0.1, 0.15) is 13.8 Å². The van der Waals surface area contributed by atoms with Crippen LogP contribution in [0.5, 0.6) is 0 Å². The summed E-state index contributed by atoms with van der Waals surface area (Å²) in [4.78, 5) is 13.4. The van der Waals surface area contributed by atoms with Crippen molar-refractivity contribution in [2.45, 2.75) is 19.4 Å². The average Bonchev–Trinajstić information content (AvgIpc) is 2.17. The number of amides is 1. The van der Waals surface area contributed by atoms with E-state index in [2.05, 4.69) is 5.32 Å². The van der Waals surface area contributed by atoms with E-state index < -0.39 is 5.60 Å². The zero-order chi connectivity index (χ0) is 11.3.